The third-order valence-corrected chi connectivity index (χ3v) is 6.07. The number of fused-ring (bicyclic) bond motifs is 1. The number of nitrogens with zero attached hydrogens (tertiary/aromatic N) is 4. The molecular weight excluding hydrogens is 398 g/mol. The minimum absolute atomic E-state index is 0.110. The van der Waals surface area contributed by atoms with Crippen molar-refractivity contribution in [2.24, 2.45) is 5.92 Å². The van der Waals surface area contributed by atoms with Crippen LogP contribution in [0.25, 0.3) is 16.9 Å². The van der Waals surface area contributed by atoms with Gasteiger partial charge < -0.3 is 16.0 Å². The standard InChI is InChI=1S/C25H29N7/c1-18(20-7-3-2-4-8-20)30-25-27-13-11-24(31-25)32-17-29-22-14-21(9-10-23(22)32)28-16-19-6-5-12-26-15-19/h2-4,7-11,13-14,17-19,26,28H,5-6,12,15-16H2,1H3,(H,27,30,31). The number of aromatic nitrogens is 4. The van der Waals surface area contributed by atoms with Gasteiger partial charge >= 0.3 is 0 Å². The Hall–Kier alpha value is -3.45. The van der Waals surface area contributed by atoms with E-state index in [0.717, 1.165) is 42.2 Å². The molecule has 1 aliphatic heterocycles. The molecule has 0 spiro atoms. The maximum atomic E-state index is 4.73. The zero-order chi connectivity index (χ0) is 21.8. The number of anilines is 2. The topological polar surface area (TPSA) is 79.7 Å². The molecule has 5 rings (SSSR count). The van der Waals surface area contributed by atoms with Crippen molar-refractivity contribution in [3.05, 3.63) is 72.7 Å². The summed E-state index contributed by atoms with van der Waals surface area (Å²) in [5, 5.41) is 10.4. The van der Waals surface area contributed by atoms with Crippen LogP contribution in [0.3, 0.4) is 0 Å². The average Bonchev–Trinajstić information content (AvgIpc) is 3.27. The summed E-state index contributed by atoms with van der Waals surface area (Å²) in [6, 6.07) is 18.6. The molecule has 2 unspecified atom stereocenters. The van der Waals surface area contributed by atoms with E-state index in [0.29, 0.717) is 11.9 Å². The van der Waals surface area contributed by atoms with E-state index in [-0.39, 0.29) is 6.04 Å². The van der Waals surface area contributed by atoms with Crippen LogP contribution >= 0.6 is 0 Å². The molecule has 164 valence electrons. The van der Waals surface area contributed by atoms with E-state index in [1.807, 2.05) is 35.2 Å². The van der Waals surface area contributed by atoms with Crippen molar-refractivity contribution in [1.82, 2.24) is 24.8 Å². The van der Waals surface area contributed by atoms with Gasteiger partial charge in [0.25, 0.3) is 0 Å². The molecule has 1 aliphatic rings. The normalized spacial score (nSPS) is 17.2. The Morgan fingerprint density at radius 2 is 2.03 bits per heavy atom. The van der Waals surface area contributed by atoms with E-state index in [1.54, 1.807) is 6.20 Å². The van der Waals surface area contributed by atoms with Crippen molar-refractivity contribution in [2.75, 3.05) is 30.3 Å². The van der Waals surface area contributed by atoms with Crippen molar-refractivity contribution in [3.63, 3.8) is 0 Å². The van der Waals surface area contributed by atoms with Crippen LogP contribution in [-0.4, -0.2) is 39.2 Å². The molecule has 1 fully saturated rings. The van der Waals surface area contributed by atoms with Gasteiger partial charge in [-0.2, -0.15) is 4.98 Å². The molecule has 3 heterocycles. The highest BCUT2D eigenvalue weighted by Crippen LogP contribution is 2.23. The minimum atomic E-state index is 0.110. The average molecular weight is 428 g/mol. The Bertz CT molecular complexity index is 1170. The maximum absolute atomic E-state index is 4.73. The molecule has 32 heavy (non-hydrogen) atoms. The third kappa shape index (κ3) is 4.57. The zero-order valence-corrected chi connectivity index (χ0v) is 18.3. The van der Waals surface area contributed by atoms with Gasteiger partial charge in [-0.25, -0.2) is 9.97 Å². The van der Waals surface area contributed by atoms with Gasteiger partial charge in [0.2, 0.25) is 5.95 Å². The predicted octanol–water partition coefficient (Wildman–Crippen LogP) is 4.40. The van der Waals surface area contributed by atoms with E-state index in [4.69, 9.17) is 4.98 Å². The summed E-state index contributed by atoms with van der Waals surface area (Å²) in [7, 11) is 0. The fourth-order valence-corrected chi connectivity index (χ4v) is 4.24. The van der Waals surface area contributed by atoms with Gasteiger partial charge in [0.15, 0.2) is 0 Å². The molecule has 4 aromatic rings. The first-order chi connectivity index (χ1) is 15.8. The van der Waals surface area contributed by atoms with E-state index >= 15 is 0 Å². The molecule has 7 heteroatoms. The number of hydrogen-bond acceptors (Lipinski definition) is 6. The summed E-state index contributed by atoms with van der Waals surface area (Å²) in [5.74, 6) is 2.07. The molecule has 0 saturated carbocycles. The maximum Gasteiger partial charge on any atom is 0.225 e. The molecule has 0 radical (unpaired) electrons. The van der Waals surface area contributed by atoms with E-state index in [1.165, 1.54) is 18.4 Å². The first-order valence-electron chi connectivity index (χ1n) is 11.3. The van der Waals surface area contributed by atoms with Crippen LogP contribution in [0.5, 0.6) is 0 Å². The fourth-order valence-electron chi connectivity index (χ4n) is 4.24. The predicted molar refractivity (Wildman–Crippen MR) is 129 cm³/mol. The molecule has 3 N–H and O–H groups in total. The number of nitrogens with one attached hydrogen (secondary N) is 3. The summed E-state index contributed by atoms with van der Waals surface area (Å²) in [6.07, 6.45) is 6.15. The van der Waals surface area contributed by atoms with Crippen molar-refractivity contribution in [1.29, 1.82) is 0 Å². The van der Waals surface area contributed by atoms with Crippen LogP contribution in [0.15, 0.2) is 67.1 Å². The van der Waals surface area contributed by atoms with Crippen molar-refractivity contribution >= 4 is 22.7 Å². The zero-order valence-electron chi connectivity index (χ0n) is 18.3. The van der Waals surface area contributed by atoms with Crippen LogP contribution < -0.4 is 16.0 Å². The lowest BCUT2D eigenvalue weighted by atomic mass is 10.00. The smallest absolute Gasteiger partial charge is 0.225 e. The van der Waals surface area contributed by atoms with E-state index in [9.17, 15) is 0 Å². The summed E-state index contributed by atoms with van der Waals surface area (Å²) in [5.41, 5.74) is 4.27. The van der Waals surface area contributed by atoms with Crippen LogP contribution in [0.4, 0.5) is 11.6 Å². The lowest BCUT2D eigenvalue weighted by molar-refractivity contribution is 0.393. The van der Waals surface area contributed by atoms with Gasteiger partial charge in [0.05, 0.1) is 17.1 Å². The van der Waals surface area contributed by atoms with Gasteiger partial charge in [-0.3, -0.25) is 4.57 Å². The molecule has 0 aliphatic carbocycles. The number of benzene rings is 2. The molecular formula is C25H29N7. The Morgan fingerprint density at radius 3 is 2.88 bits per heavy atom. The highest BCUT2D eigenvalue weighted by atomic mass is 15.2. The first kappa shape index (κ1) is 20.5. The highest BCUT2D eigenvalue weighted by molar-refractivity contribution is 5.81. The van der Waals surface area contributed by atoms with Crippen molar-refractivity contribution in [3.8, 4) is 5.82 Å². The van der Waals surface area contributed by atoms with Gasteiger partial charge in [-0.15, -0.1) is 0 Å². The molecule has 7 nitrogen and oxygen atoms in total. The number of piperidine rings is 1. The number of imidazole rings is 1. The van der Waals surface area contributed by atoms with Gasteiger partial charge in [0, 0.05) is 18.4 Å². The fraction of sp³-hybridized carbons (Fsp3) is 0.320. The highest BCUT2D eigenvalue weighted by Gasteiger charge is 2.13. The van der Waals surface area contributed by atoms with E-state index < -0.39 is 0 Å². The quantitative estimate of drug-likeness (QED) is 0.406. The number of hydrogen-bond donors (Lipinski definition) is 3. The van der Waals surface area contributed by atoms with Crippen LogP contribution in [0, 0.1) is 5.92 Å². The Morgan fingerprint density at radius 1 is 1.12 bits per heavy atom. The monoisotopic (exact) mass is 427 g/mol. The molecule has 0 amide bonds. The Balaban J connectivity index is 1.31. The van der Waals surface area contributed by atoms with Crippen LogP contribution in [0.2, 0.25) is 0 Å². The minimum Gasteiger partial charge on any atom is -0.385 e. The lowest BCUT2D eigenvalue weighted by Crippen LogP contribution is -2.33. The summed E-state index contributed by atoms with van der Waals surface area (Å²) in [4.78, 5) is 13.8. The molecule has 1 saturated heterocycles. The SMILES string of the molecule is CC(Nc1nccc(-n2cnc3cc(NCC4CCCNC4)ccc32)n1)c1ccccc1. The Labute approximate surface area is 188 Å². The van der Waals surface area contributed by atoms with Gasteiger partial charge in [0.1, 0.15) is 12.1 Å². The lowest BCUT2D eigenvalue weighted by Gasteiger charge is -2.23. The molecule has 0 bridgehead atoms. The van der Waals surface area contributed by atoms with Crippen LogP contribution in [-0.2, 0) is 0 Å². The largest absolute Gasteiger partial charge is 0.385 e. The van der Waals surface area contributed by atoms with Crippen LogP contribution in [0.1, 0.15) is 31.4 Å². The Kier molecular flexibility index (Phi) is 5.98. The van der Waals surface area contributed by atoms with E-state index in [2.05, 4.69) is 63.2 Å². The van der Waals surface area contributed by atoms with Gasteiger partial charge in [-0.05, 0) is 68.6 Å². The third-order valence-electron chi connectivity index (χ3n) is 6.07. The molecule has 2 aromatic heterocycles. The second-order valence-corrected chi connectivity index (χ2v) is 8.43. The molecule has 2 atom stereocenters. The summed E-state index contributed by atoms with van der Waals surface area (Å²) >= 11 is 0. The second kappa shape index (κ2) is 9.36. The summed E-state index contributed by atoms with van der Waals surface area (Å²) in [6.45, 7) is 5.33. The second-order valence-electron chi connectivity index (χ2n) is 8.43. The van der Waals surface area contributed by atoms with Gasteiger partial charge in [-0.1, -0.05) is 30.3 Å². The van der Waals surface area contributed by atoms with Crippen molar-refractivity contribution in [2.45, 2.75) is 25.8 Å². The first-order valence-corrected chi connectivity index (χ1v) is 11.3. The number of rotatable bonds is 7. The van der Waals surface area contributed by atoms with Crippen molar-refractivity contribution < 1.29 is 0 Å². The summed E-state index contributed by atoms with van der Waals surface area (Å²) < 4.78 is 2.00. The molecule has 2 aromatic carbocycles.